The maximum Gasteiger partial charge on any atom is 0.123 e. The number of rotatable bonds is 7. The Kier molecular flexibility index (Phi) is 5.58. The van der Waals surface area contributed by atoms with Crippen molar-refractivity contribution in [3.63, 3.8) is 0 Å². The van der Waals surface area contributed by atoms with E-state index in [-0.39, 0.29) is 5.82 Å². The molecule has 0 aliphatic carbocycles. The maximum atomic E-state index is 13.3. The molecule has 2 aromatic carbocycles. The van der Waals surface area contributed by atoms with Gasteiger partial charge in [-0.25, -0.2) is 4.39 Å². The van der Waals surface area contributed by atoms with Crippen LogP contribution in [-0.4, -0.2) is 13.7 Å². The van der Waals surface area contributed by atoms with Gasteiger partial charge in [-0.2, -0.15) is 0 Å². The molecular formula is C17H20FNO2. The summed E-state index contributed by atoms with van der Waals surface area (Å²) in [6.45, 7) is 3.83. The van der Waals surface area contributed by atoms with Crippen molar-refractivity contribution in [3.05, 3.63) is 59.4 Å². The van der Waals surface area contributed by atoms with E-state index >= 15 is 0 Å². The van der Waals surface area contributed by atoms with E-state index in [0.29, 0.717) is 25.4 Å². The lowest BCUT2D eigenvalue weighted by Crippen LogP contribution is -2.13. The van der Waals surface area contributed by atoms with Gasteiger partial charge in [0.15, 0.2) is 0 Å². The zero-order valence-corrected chi connectivity index (χ0v) is 12.4. The molecule has 0 aromatic heterocycles. The second-order valence-corrected chi connectivity index (χ2v) is 4.64. The highest BCUT2D eigenvalue weighted by atomic mass is 19.1. The van der Waals surface area contributed by atoms with Gasteiger partial charge < -0.3 is 14.8 Å². The number of methoxy groups -OCH3 is 1. The van der Waals surface area contributed by atoms with Crippen molar-refractivity contribution in [1.82, 2.24) is 5.32 Å². The van der Waals surface area contributed by atoms with Crippen LogP contribution in [-0.2, 0) is 13.1 Å². The second kappa shape index (κ2) is 7.64. The second-order valence-electron chi connectivity index (χ2n) is 4.64. The molecule has 0 spiro atoms. The number of benzene rings is 2. The van der Waals surface area contributed by atoms with Crippen molar-refractivity contribution in [2.45, 2.75) is 20.0 Å². The van der Waals surface area contributed by atoms with Gasteiger partial charge in [0.2, 0.25) is 0 Å². The molecule has 0 radical (unpaired) electrons. The lowest BCUT2D eigenvalue weighted by Gasteiger charge is -2.10. The van der Waals surface area contributed by atoms with Crippen LogP contribution in [0.15, 0.2) is 42.5 Å². The first-order valence-electron chi connectivity index (χ1n) is 6.97. The normalized spacial score (nSPS) is 10.4. The van der Waals surface area contributed by atoms with Gasteiger partial charge in [-0.1, -0.05) is 12.1 Å². The van der Waals surface area contributed by atoms with Gasteiger partial charge in [0.05, 0.1) is 13.7 Å². The van der Waals surface area contributed by atoms with Crippen molar-refractivity contribution < 1.29 is 13.9 Å². The Labute approximate surface area is 124 Å². The zero-order valence-electron chi connectivity index (χ0n) is 12.4. The van der Waals surface area contributed by atoms with Crippen LogP contribution in [0.25, 0.3) is 0 Å². The minimum atomic E-state index is -0.258. The largest absolute Gasteiger partial charge is 0.496 e. The Morgan fingerprint density at radius 3 is 2.71 bits per heavy atom. The fourth-order valence-corrected chi connectivity index (χ4v) is 2.14. The zero-order chi connectivity index (χ0) is 15.1. The van der Waals surface area contributed by atoms with Gasteiger partial charge >= 0.3 is 0 Å². The Balaban J connectivity index is 1.95. The lowest BCUT2D eigenvalue weighted by molar-refractivity contribution is 0.340. The van der Waals surface area contributed by atoms with Crippen LogP contribution in [0.2, 0.25) is 0 Å². The maximum absolute atomic E-state index is 13.3. The monoisotopic (exact) mass is 289 g/mol. The van der Waals surface area contributed by atoms with E-state index in [1.807, 2.05) is 31.2 Å². The fourth-order valence-electron chi connectivity index (χ4n) is 2.14. The molecule has 0 amide bonds. The van der Waals surface area contributed by atoms with Gasteiger partial charge in [0.1, 0.15) is 17.3 Å². The van der Waals surface area contributed by atoms with E-state index in [2.05, 4.69) is 5.32 Å². The molecule has 4 heteroatoms. The van der Waals surface area contributed by atoms with E-state index in [4.69, 9.17) is 9.47 Å². The molecular weight excluding hydrogens is 269 g/mol. The average Bonchev–Trinajstić information content (AvgIpc) is 2.48. The van der Waals surface area contributed by atoms with Crippen LogP contribution in [0, 0.1) is 5.82 Å². The van der Waals surface area contributed by atoms with E-state index < -0.39 is 0 Å². The van der Waals surface area contributed by atoms with Crippen molar-refractivity contribution in [2.75, 3.05) is 13.7 Å². The molecule has 0 fully saturated rings. The van der Waals surface area contributed by atoms with Gasteiger partial charge in [0.25, 0.3) is 0 Å². The molecule has 0 saturated heterocycles. The summed E-state index contributed by atoms with van der Waals surface area (Å²) in [6, 6.07) is 12.4. The summed E-state index contributed by atoms with van der Waals surface area (Å²) in [5, 5.41) is 3.29. The quantitative estimate of drug-likeness (QED) is 0.846. The van der Waals surface area contributed by atoms with Crippen LogP contribution >= 0.6 is 0 Å². The molecule has 0 saturated carbocycles. The van der Waals surface area contributed by atoms with Crippen molar-refractivity contribution in [3.8, 4) is 11.5 Å². The Bertz CT molecular complexity index is 587. The molecule has 3 nitrogen and oxygen atoms in total. The Morgan fingerprint density at radius 2 is 1.95 bits per heavy atom. The topological polar surface area (TPSA) is 30.5 Å². The van der Waals surface area contributed by atoms with Crippen LogP contribution < -0.4 is 14.8 Å². The van der Waals surface area contributed by atoms with Gasteiger partial charge in [-0.15, -0.1) is 0 Å². The standard InChI is InChI=1S/C17H20FNO2/c1-3-21-16-6-4-5-13(9-16)11-19-12-14-10-15(18)7-8-17(14)20-2/h4-10,19H,3,11-12H2,1-2H3. The predicted molar refractivity (Wildman–Crippen MR) is 81.1 cm³/mol. The third-order valence-corrected chi connectivity index (χ3v) is 3.10. The summed E-state index contributed by atoms with van der Waals surface area (Å²) in [5.41, 5.74) is 1.93. The van der Waals surface area contributed by atoms with Crippen molar-refractivity contribution in [2.24, 2.45) is 0 Å². The molecule has 0 aliphatic rings. The molecule has 0 heterocycles. The van der Waals surface area contributed by atoms with E-state index in [0.717, 1.165) is 16.9 Å². The number of hydrogen-bond acceptors (Lipinski definition) is 3. The summed E-state index contributed by atoms with van der Waals surface area (Å²) >= 11 is 0. The highest BCUT2D eigenvalue weighted by molar-refractivity contribution is 5.34. The molecule has 2 rings (SSSR count). The first-order valence-corrected chi connectivity index (χ1v) is 6.97. The van der Waals surface area contributed by atoms with Crippen LogP contribution in [0.5, 0.6) is 11.5 Å². The molecule has 2 aromatic rings. The van der Waals surface area contributed by atoms with Crippen molar-refractivity contribution >= 4 is 0 Å². The number of halogens is 1. The minimum absolute atomic E-state index is 0.258. The smallest absolute Gasteiger partial charge is 0.123 e. The number of hydrogen-bond donors (Lipinski definition) is 1. The highest BCUT2D eigenvalue weighted by Crippen LogP contribution is 2.19. The van der Waals surface area contributed by atoms with Crippen LogP contribution in [0.3, 0.4) is 0 Å². The third kappa shape index (κ3) is 4.46. The van der Waals surface area contributed by atoms with Crippen LogP contribution in [0.4, 0.5) is 4.39 Å². The van der Waals surface area contributed by atoms with E-state index in [1.165, 1.54) is 12.1 Å². The summed E-state index contributed by atoms with van der Waals surface area (Å²) in [4.78, 5) is 0. The SMILES string of the molecule is CCOc1cccc(CNCc2cc(F)ccc2OC)c1. The number of ether oxygens (including phenoxy) is 2. The number of nitrogens with one attached hydrogen (secondary N) is 1. The molecule has 0 bridgehead atoms. The van der Waals surface area contributed by atoms with E-state index in [9.17, 15) is 4.39 Å². The minimum Gasteiger partial charge on any atom is -0.496 e. The van der Waals surface area contributed by atoms with E-state index in [1.54, 1.807) is 13.2 Å². The Hall–Kier alpha value is -2.07. The lowest BCUT2D eigenvalue weighted by atomic mass is 10.1. The van der Waals surface area contributed by atoms with Crippen molar-refractivity contribution in [1.29, 1.82) is 0 Å². The van der Waals surface area contributed by atoms with Gasteiger partial charge in [-0.3, -0.25) is 0 Å². The summed E-state index contributed by atoms with van der Waals surface area (Å²) < 4.78 is 24.0. The molecule has 21 heavy (non-hydrogen) atoms. The Morgan fingerprint density at radius 1 is 1.10 bits per heavy atom. The van der Waals surface area contributed by atoms with Gasteiger partial charge in [0, 0.05) is 18.7 Å². The molecule has 0 atom stereocenters. The molecule has 0 unspecified atom stereocenters. The average molecular weight is 289 g/mol. The molecule has 112 valence electrons. The summed E-state index contributed by atoms with van der Waals surface area (Å²) in [7, 11) is 1.59. The summed E-state index contributed by atoms with van der Waals surface area (Å²) in [6.07, 6.45) is 0. The molecule has 0 aliphatic heterocycles. The van der Waals surface area contributed by atoms with Gasteiger partial charge in [-0.05, 0) is 42.8 Å². The van der Waals surface area contributed by atoms with Crippen LogP contribution in [0.1, 0.15) is 18.1 Å². The fraction of sp³-hybridized carbons (Fsp3) is 0.294. The summed E-state index contributed by atoms with van der Waals surface area (Å²) in [5.74, 6) is 1.29. The third-order valence-electron chi connectivity index (χ3n) is 3.10. The first-order chi connectivity index (χ1) is 10.2. The first kappa shape index (κ1) is 15.3. The molecule has 1 N–H and O–H groups in total. The highest BCUT2D eigenvalue weighted by Gasteiger charge is 2.04. The predicted octanol–water partition coefficient (Wildman–Crippen LogP) is 3.52.